The number of rotatable bonds is 5. The van der Waals surface area contributed by atoms with Crippen LogP contribution in [0.2, 0.25) is 0 Å². The fourth-order valence-corrected chi connectivity index (χ4v) is 1.61. The number of phenols is 1. The number of carbonyl (C=O) groups is 1. The Labute approximate surface area is 102 Å². The van der Waals surface area contributed by atoms with Gasteiger partial charge in [0.1, 0.15) is 5.75 Å². The lowest BCUT2D eigenvalue weighted by molar-refractivity contribution is 0.0790. The van der Waals surface area contributed by atoms with Gasteiger partial charge in [0.25, 0.3) is 5.91 Å². The van der Waals surface area contributed by atoms with Crippen LogP contribution >= 0.6 is 0 Å². The predicted molar refractivity (Wildman–Crippen MR) is 69.2 cm³/mol. The van der Waals surface area contributed by atoms with Gasteiger partial charge in [-0.25, -0.2) is 0 Å². The molecule has 17 heavy (non-hydrogen) atoms. The Morgan fingerprint density at radius 3 is 2.88 bits per heavy atom. The standard InChI is InChI=1S/C14H19NO2/c1-4-5-6-10-15(3)14(17)12-9-7-8-11(2)13(12)16/h4,7-9,16H,1,5-6,10H2,2-3H3. The zero-order chi connectivity index (χ0) is 12.8. The Balaban J connectivity index is 2.75. The van der Waals surface area contributed by atoms with Crippen molar-refractivity contribution < 1.29 is 9.90 Å². The van der Waals surface area contributed by atoms with Crippen LogP contribution in [0.15, 0.2) is 30.9 Å². The fraction of sp³-hybridized carbons (Fsp3) is 0.357. The van der Waals surface area contributed by atoms with Crippen molar-refractivity contribution in [3.8, 4) is 5.75 Å². The fourth-order valence-electron chi connectivity index (χ4n) is 1.61. The van der Waals surface area contributed by atoms with Crippen molar-refractivity contribution in [2.75, 3.05) is 13.6 Å². The molecule has 1 aromatic rings. The maximum Gasteiger partial charge on any atom is 0.257 e. The molecule has 1 N–H and O–H groups in total. The quantitative estimate of drug-likeness (QED) is 0.627. The molecule has 92 valence electrons. The van der Waals surface area contributed by atoms with E-state index in [1.165, 1.54) is 0 Å². The SMILES string of the molecule is C=CCCCN(C)C(=O)c1cccc(C)c1O. The Kier molecular flexibility index (Phi) is 4.76. The number of phenolic OH excluding ortho intramolecular Hbond substituents is 1. The third-order valence-electron chi connectivity index (χ3n) is 2.72. The first-order valence-corrected chi connectivity index (χ1v) is 5.73. The van der Waals surface area contributed by atoms with Gasteiger partial charge in [0.2, 0.25) is 0 Å². The van der Waals surface area contributed by atoms with Gasteiger partial charge in [-0.1, -0.05) is 18.2 Å². The third kappa shape index (κ3) is 3.34. The Hall–Kier alpha value is -1.77. The summed E-state index contributed by atoms with van der Waals surface area (Å²) in [4.78, 5) is 13.7. The molecule has 0 atom stereocenters. The molecule has 0 heterocycles. The van der Waals surface area contributed by atoms with Crippen molar-refractivity contribution in [1.82, 2.24) is 4.90 Å². The summed E-state index contributed by atoms with van der Waals surface area (Å²) in [6, 6.07) is 5.21. The predicted octanol–water partition coefficient (Wildman–Crippen LogP) is 2.74. The number of aromatic hydroxyl groups is 1. The number of nitrogens with zero attached hydrogens (tertiary/aromatic N) is 1. The monoisotopic (exact) mass is 233 g/mol. The minimum Gasteiger partial charge on any atom is -0.507 e. The zero-order valence-corrected chi connectivity index (χ0v) is 10.4. The number of hydrogen-bond donors (Lipinski definition) is 1. The van der Waals surface area contributed by atoms with Gasteiger partial charge in [0, 0.05) is 13.6 Å². The van der Waals surface area contributed by atoms with Crippen molar-refractivity contribution in [2.45, 2.75) is 19.8 Å². The largest absolute Gasteiger partial charge is 0.507 e. The molecule has 0 aliphatic carbocycles. The van der Waals surface area contributed by atoms with Gasteiger partial charge in [-0.15, -0.1) is 6.58 Å². The highest BCUT2D eigenvalue weighted by Gasteiger charge is 2.15. The van der Waals surface area contributed by atoms with Gasteiger partial charge >= 0.3 is 0 Å². The van der Waals surface area contributed by atoms with Crippen LogP contribution in [-0.4, -0.2) is 29.5 Å². The summed E-state index contributed by atoms with van der Waals surface area (Å²) in [7, 11) is 1.74. The molecule has 0 aromatic heterocycles. The lowest BCUT2D eigenvalue weighted by Crippen LogP contribution is -2.27. The van der Waals surface area contributed by atoms with Crippen LogP contribution in [0.3, 0.4) is 0 Å². The number of allylic oxidation sites excluding steroid dienone is 1. The van der Waals surface area contributed by atoms with Crippen molar-refractivity contribution in [1.29, 1.82) is 0 Å². The van der Waals surface area contributed by atoms with E-state index in [1.54, 1.807) is 37.1 Å². The summed E-state index contributed by atoms with van der Waals surface area (Å²) in [5, 5.41) is 9.82. The number of para-hydroxylation sites is 1. The number of hydrogen-bond acceptors (Lipinski definition) is 2. The number of unbranched alkanes of at least 4 members (excludes halogenated alkanes) is 1. The van der Waals surface area contributed by atoms with Crippen LogP contribution in [-0.2, 0) is 0 Å². The molecule has 0 saturated heterocycles. The van der Waals surface area contributed by atoms with Crippen molar-refractivity contribution in [2.24, 2.45) is 0 Å². The topological polar surface area (TPSA) is 40.5 Å². The first-order valence-electron chi connectivity index (χ1n) is 5.73. The van der Waals surface area contributed by atoms with E-state index in [2.05, 4.69) is 6.58 Å². The highest BCUT2D eigenvalue weighted by molar-refractivity contribution is 5.97. The number of amides is 1. The van der Waals surface area contributed by atoms with E-state index in [0.717, 1.165) is 18.4 Å². The average Bonchev–Trinajstić information content (AvgIpc) is 2.32. The molecule has 0 aliphatic heterocycles. The molecule has 0 aliphatic rings. The molecule has 0 fully saturated rings. The molecule has 0 saturated carbocycles. The minimum absolute atomic E-state index is 0.0769. The van der Waals surface area contributed by atoms with E-state index in [0.29, 0.717) is 12.1 Å². The number of aryl methyl sites for hydroxylation is 1. The lowest BCUT2D eigenvalue weighted by Gasteiger charge is -2.17. The molecule has 3 nitrogen and oxygen atoms in total. The van der Waals surface area contributed by atoms with E-state index in [1.807, 2.05) is 6.08 Å². The van der Waals surface area contributed by atoms with Gasteiger partial charge in [0.05, 0.1) is 5.56 Å². The smallest absolute Gasteiger partial charge is 0.257 e. The third-order valence-corrected chi connectivity index (χ3v) is 2.72. The van der Waals surface area contributed by atoms with E-state index in [4.69, 9.17) is 0 Å². The summed E-state index contributed by atoms with van der Waals surface area (Å²) in [6.07, 6.45) is 3.61. The second-order valence-corrected chi connectivity index (χ2v) is 4.13. The van der Waals surface area contributed by atoms with Gasteiger partial charge in [0.15, 0.2) is 0 Å². The summed E-state index contributed by atoms with van der Waals surface area (Å²) in [5.41, 5.74) is 1.08. The molecule has 0 radical (unpaired) electrons. The van der Waals surface area contributed by atoms with E-state index in [-0.39, 0.29) is 11.7 Å². The van der Waals surface area contributed by atoms with Crippen LogP contribution in [0.1, 0.15) is 28.8 Å². The molecular weight excluding hydrogens is 214 g/mol. The lowest BCUT2D eigenvalue weighted by atomic mass is 10.1. The minimum atomic E-state index is -0.143. The van der Waals surface area contributed by atoms with E-state index < -0.39 is 0 Å². The number of benzene rings is 1. The van der Waals surface area contributed by atoms with E-state index in [9.17, 15) is 9.90 Å². The van der Waals surface area contributed by atoms with Crippen LogP contribution in [0.25, 0.3) is 0 Å². The second-order valence-electron chi connectivity index (χ2n) is 4.13. The zero-order valence-electron chi connectivity index (χ0n) is 10.4. The van der Waals surface area contributed by atoms with Crippen LogP contribution in [0.5, 0.6) is 5.75 Å². The highest BCUT2D eigenvalue weighted by Crippen LogP contribution is 2.22. The highest BCUT2D eigenvalue weighted by atomic mass is 16.3. The van der Waals surface area contributed by atoms with Crippen molar-refractivity contribution in [3.63, 3.8) is 0 Å². The molecule has 1 rings (SSSR count). The summed E-state index contributed by atoms with van der Waals surface area (Å²) in [5.74, 6) is -0.0664. The molecule has 0 bridgehead atoms. The van der Waals surface area contributed by atoms with Gasteiger partial charge < -0.3 is 10.0 Å². The average molecular weight is 233 g/mol. The normalized spacial score (nSPS) is 10.0. The number of carbonyl (C=O) groups excluding carboxylic acids is 1. The van der Waals surface area contributed by atoms with Gasteiger partial charge in [-0.05, 0) is 31.4 Å². The summed E-state index contributed by atoms with van der Waals surface area (Å²) in [6.45, 7) is 6.09. The molecule has 1 amide bonds. The van der Waals surface area contributed by atoms with E-state index >= 15 is 0 Å². The molecular formula is C14H19NO2. The van der Waals surface area contributed by atoms with Crippen LogP contribution in [0.4, 0.5) is 0 Å². The maximum absolute atomic E-state index is 12.1. The van der Waals surface area contributed by atoms with Crippen molar-refractivity contribution in [3.05, 3.63) is 42.0 Å². The Morgan fingerprint density at radius 2 is 2.24 bits per heavy atom. The Morgan fingerprint density at radius 1 is 1.53 bits per heavy atom. The van der Waals surface area contributed by atoms with Gasteiger partial charge in [-0.2, -0.15) is 0 Å². The maximum atomic E-state index is 12.1. The first kappa shape index (κ1) is 13.3. The Bertz CT molecular complexity index is 413. The van der Waals surface area contributed by atoms with Crippen LogP contribution < -0.4 is 0 Å². The second kappa shape index (κ2) is 6.09. The molecule has 1 aromatic carbocycles. The molecule has 3 heteroatoms. The van der Waals surface area contributed by atoms with Crippen molar-refractivity contribution >= 4 is 5.91 Å². The first-order chi connectivity index (χ1) is 8.07. The summed E-state index contributed by atoms with van der Waals surface area (Å²) >= 11 is 0. The summed E-state index contributed by atoms with van der Waals surface area (Å²) < 4.78 is 0. The molecule has 0 spiro atoms. The molecule has 0 unspecified atom stereocenters. The van der Waals surface area contributed by atoms with Crippen LogP contribution in [0, 0.1) is 6.92 Å². The van der Waals surface area contributed by atoms with Gasteiger partial charge in [-0.3, -0.25) is 4.79 Å².